The fraction of sp³-hybridized carbons (Fsp3) is 0.143. The smallest absolute Gasteiger partial charge is 0.349 e. The van der Waals surface area contributed by atoms with Crippen molar-refractivity contribution in [3.05, 3.63) is 50.0 Å². The average Bonchev–Trinajstić information content (AvgIpc) is 3.00. The maximum absolute atomic E-state index is 11.3. The van der Waals surface area contributed by atoms with Gasteiger partial charge in [-0.25, -0.2) is 9.78 Å². The summed E-state index contributed by atoms with van der Waals surface area (Å²) >= 11 is 1.18. The molecule has 0 amide bonds. The highest BCUT2D eigenvalue weighted by Gasteiger charge is 2.12. The molecule has 0 aliphatic carbocycles. The van der Waals surface area contributed by atoms with E-state index in [-0.39, 0.29) is 5.69 Å². The quantitative estimate of drug-likeness (QED) is 0.517. The molecular weight excluding hydrogens is 306 g/mol. The lowest BCUT2D eigenvalue weighted by molar-refractivity contribution is -0.383. The largest absolute Gasteiger partial charge is 0.465 e. The third kappa shape index (κ3) is 3.47. The lowest BCUT2D eigenvalue weighted by Crippen LogP contribution is -1.96. The third-order valence-electron chi connectivity index (χ3n) is 2.82. The fourth-order valence-electron chi connectivity index (χ4n) is 1.74. The van der Waals surface area contributed by atoms with Gasteiger partial charge in [0.1, 0.15) is 15.6 Å². The number of carbonyl (C=O) groups is 1. The molecule has 0 aliphatic rings. The zero-order valence-electron chi connectivity index (χ0n) is 11.9. The molecule has 0 aliphatic heterocycles. The van der Waals surface area contributed by atoms with Crippen LogP contribution < -0.4 is 5.32 Å². The molecule has 22 heavy (non-hydrogen) atoms. The van der Waals surface area contributed by atoms with Gasteiger partial charge in [0.05, 0.1) is 18.2 Å². The zero-order chi connectivity index (χ0) is 16.1. The van der Waals surface area contributed by atoms with E-state index in [0.29, 0.717) is 21.1 Å². The van der Waals surface area contributed by atoms with E-state index in [0.717, 1.165) is 0 Å². The van der Waals surface area contributed by atoms with E-state index in [1.165, 1.54) is 30.7 Å². The molecular formula is C14H13N3O4S. The number of thiazole rings is 1. The van der Waals surface area contributed by atoms with Crippen molar-refractivity contribution < 1.29 is 14.5 Å². The van der Waals surface area contributed by atoms with Crippen LogP contribution in [0.25, 0.3) is 12.2 Å². The lowest BCUT2D eigenvalue weighted by Gasteiger charge is -2.02. The van der Waals surface area contributed by atoms with Crippen LogP contribution in [0.2, 0.25) is 0 Å². The maximum Gasteiger partial charge on any atom is 0.349 e. The Morgan fingerprint density at radius 3 is 2.86 bits per heavy atom. The standard InChI is InChI=1S/C14H13N3O4S/c1-15-10-5-3-9(7-11(10)17(19)20)4-6-13-16-8-12(22-13)14(18)21-2/h3-8,15H,1-2H3. The molecule has 2 rings (SSSR count). The monoisotopic (exact) mass is 319 g/mol. The van der Waals surface area contributed by atoms with Crippen LogP contribution in [0, 0.1) is 10.1 Å². The average molecular weight is 319 g/mol. The number of hydrogen-bond acceptors (Lipinski definition) is 7. The van der Waals surface area contributed by atoms with Crippen molar-refractivity contribution in [2.24, 2.45) is 0 Å². The number of nitro benzene ring substituents is 1. The molecule has 0 saturated heterocycles. The second-order valence-electron chi connectivity index (χ2n) is 4.17. The first-order valence-electron chi connectivity index (χ1n) is 6.23. The molecule has 1 aromatic heterocycles. The normalized spacial score (nSPS) is 10.6. The molecule has 2 aromatic rings. The van der Waals surface area contributed by atoms with Gasteiger partial charge in [-0.15, -0.1) is 11.3 Å². The van der Waals surface area contributed by atoms with Crippen molar-refractivity contribution in [2.75, 3.05) is 19.5 Å². The molecule has 0 radical (unpaired) electrons. The second-order valence-corrected chi connectivity index (χ2v) is 5.23. The minimum Gasteiger partial charge on any atom is -0.465 e. The van der Waals surface area contributed by atoms with E-state index < -0.39 is 10.9 Å². The first-order valence-corrected chi connectivity index (χ1v) is 7.05. The van der Waals surface area contributed by atoms with Crippen LogP contribution in [0.15, 0.2) is 24.4 Å². The fourth-order valence-corrected chi connectivity index (χ4v) is 2.48. The number of benzene rings is 1. The van der Waals surface area contributed by atoms with Crippen molar-refractivity contribution >= 4 is 40.8 Å². The maximum atomic E-state index is 11.3. The molecule has 0 saturated carbocycles. The van der Waals surface area contributed by atoms with E-state index in [9.17, 15) is 14.9 Å². The van der Waals surface area contributed by atoms with Crippen LogP contribution in [-0.4, -0.2) is 30.0 Å². The highest BCUT2D eigenvalue weighted by molar-refractivity contribution is 7.14. The van der Waals surface area contributed by atoms with Gasteiger partial charge >= 0.3 is 5.97 Å². The van der Waals surface area contributed by atoms with Crippen molar-refractivity contribution in [1.82, 2.24) is 4.98 Å². The van der Waals surface area contributed by atoms with Gasteiger partial charge in [0.15, 0.2) is 0 Å². The van der Waals surface area contributed by atoms with E-state index >= 15 is 0 Å². The Hall–Kier alpha value is -2.74. The number of nitro groups is 1. The molecule has 1 aromatic carbocycles. The van der Waals surface area contributed by atoms with Crippen molar-refractivity contribution in [3.8, 4) is 0 Å². The number of esters is 1. The predicted molar refractivity (Wildman–Crippen MR) is 85.0 cm³/mol. The van der Waals surface area contributed by atoms with Gasteiger partial charge in [-0.2, -0.15) is 0 Å². The number of methoxy groups -OCH3 is 1. The Morgan fingerprint density at radius 1 is 1.45 bits per heavy atom. The van der Waals surface area contributed by atoms with Crippen LogP contribution in [0.3, 0.4) is 0 Å². The Balaban J connectivity index is 2.23. The molecule has 0 unspecified atom stereocenters. The summed E-state index contributed by atoms with van der Waals surface area (Å²) in [7, 11) is 2.93. The van der Waals surface area contributed by atoms with Gasteiger partial charge in [0.2, 0.25) is 0 Å². The van der Waals surface area contributed by atoms with Crippen LogP contribution in [0.4, 0.5) is 11.4 Å². The minimum absolute atomic E-state index is 0.000890. The van der Waals surface area contributed by atoms with Crippen molar-refractivity contribution in [2.45, 2.75) is 0 Å². The van der Waals surface area contributed by atoms with Crippen LogP contribution in [-0.2, 0) is 4.74 Å². The molecule has 1 N–H and O–H groups in total. The first kappa shape index (κ1) is 15.6. The summed E-state index contributed by atoms with van der Waals surface area (Å²) in [5.41, 5.74) is 1.11. The number of carbonyl (C=O) groups excluding carboxylic acids is 1. The molecule has 7 nitrogen and oxygen atoms in total. The number of anilines is 1. The van der Waals surface area contributed by atoms with Gasteiger partial charge in [-0.3, -0.25) is 10.1 Å². The van der Waals surface area contributed by atoms with Gasteiger partial charge < -0.3 is 10.1 Å². The Morgan fingerprint density at radius 2 is 2.23 bits per heavy atom. The van der Waals surface area contributed by atoms with Crippen LogP contribution >= 0.6 is 11.3 Å². The van der Waals surface area contributed by atoms with Gasteiger partial charge in [0.25, 0.3) is 5.69 Å². The third-order valence-corrected chi connectivity index (χ3v) is 3.76. The number of rotatable bonds is 5. The summed E-state index contributed by atoms with van der Waals surface area (Å²) in [4.78, 5) is 26.4. The minimum atomic E-state index is -0.443. The van der Waals surface area contributed by atoms with Gasteiger partial charge in [-0.05, 0) is 17.7 Å². The SMILES string of the molecule is CNc1ccc(C=Cc2ncc(C(=O)OC)s2)cc1[N+](=O)[O-]. The molecule has 0 fully saturated rings. The van der Waals surface area contributed by atoms with Crippen LogP contribution in [0.1, 0.15) is 20.2 Å². The molecule has 1 heterocycles. The van der Waals surface area contributed by atoms with Crippen molar-refractivity contribution in [1.29, 1.82) is 0 Å². The van der Waals surface area contributed by atoms with Crippen LogP contribution in [0.5, 0.6) is 0 Å². The molecule has 114 valence electrons. The van der Waals surface area contributed by atoms with E-state index in [1.54, 1.807) is 31.3 Å². The summed E-state index contributed by atoms with van der Waals surface area (Å²) in [5, 5.41) is 14.4. The lowest BCUT2D eigenvalue weighted by atomic mass is 10.1. The Bertz CT molecular complexity index is 739. The summed E-state index contributed by atoms with van der Waals surface area (Å²) < 4.78 is 4.61. The van der Waals surface area contributed by atoms with Gasteiger partial charge in [0, 0.05) is 13.1 Å². The number of nitrogens with zero attached hydrogens (tertiary/aromatic N) is 2. The number of hydrogen-bond donors (Lipinski definition) is 1. The molecule has 0 bridgehead atoms. The summed E-state index contributed by atoms with van der Waals surface area (Å²) in [6.45, 7) is 0. The summed E-state index contributed by atoms with van der Waals surface area (Å²) in [6.07, 6.45) is 4.82. The molecule has 0 spiro atoms. The van der Waals surface area contributed by atoms with E-state index in [1.807, 2.05) is 0 Å². The van der Waals surface area contributed by atoms with E-state index in [2.05, 4.69) is 15.0 Å². The highest BCUT2D eigenvalue weighted by atomic mass is 32.1. The first-order chi connectivity index (χ1) is 10.5. The van der Waals surface area contributed by atoms with Gasteiger partial charge in [-0.1, -0.05) is 12.1 Å². The predicted octanol–water partition coefficient (Wildman–Crippen LogP) is 3.05. The Kier molecular flexibility index (Phi) is 4.84. The molecule has 0 atom stereocenters. The summed E-state index contributed by atoms with van der Waals surface area (Å²) in [5.74, 6) is -0.439. The topological polar surface area (TPSA) is 94.4 Å². The highest BCUT2D eigenvalue weighted by Crippen LogP contribution is 2.26. The van der Waals surface area contributed by atoms with Crippen molar-refractivity contribution in [3.63, 3.8) is 0 Å². The second kappa shape index (κ2) is 6.81. The number of ether oxygens (including phenoxy) is 1. The number of nitrogens with one attached hydrogen (secondary N) is 1. The summed E-state index contributed by atoms with van der Waals surface area (Å²) in [6, 6.07) is 4.86. The zero-order valence-corrected chi connectivity index (χ0v) is 12.7. The number of aromatic nitrogens is 1. The van der Waals surface area contributed by atoms with E-state index in [4.69, 9.17) is 0 Å². The molecule has 8 heteroatoms. The Labute approximate surface area is 130 Å².